The predicted octanol–water partition coefficient (Wildman–Crippen LogP) is 1.69. The van der Waals surface area contributed by atoms with Gasteiger partial charge in [0.25, 0.3) is 0 Å². The summed E-state index contributed by atoms with van der Waals surface area (Å²) in [6.07, 6.45) is 1.92. The molecule has 1 aliphatic heterocycles. The summed E-state index contributed by atoms with van der Waals surface area (Å²) < 4.78 is 5.05. The van der Waals surface area contributed by atoms with Crippen molar-refractivity contribution >= 4 is 17.6 Å². The zero-order chi connectivity index (χ0) is 17.6. The van der Waals surface area contributed by atoms with Crippen molar-refractivity contribution in [2.24, 2.45) is 0 Å². The summed E-state index contributed by atoms with van der Waals surface area (Å²) in [4.78, 5) is 29.9. The van der Waals surface area contributed by atoms with Crippen LogP contribution in [0.15, 0.2) is 48.7 Å². The molecule has 1 aromatic heterocycles. The average Bonchev–Trinajstić information content (AvgIpc) is 3.01. The zero-order valence-electron chi connectivity index (χ0n) is 13.9. The molecule has 2 heterocycles. The van der Waals surface area contributed by atoms with Crippen molar-refractivity contribution in [2.45, 2.75) is 19.0 Å². The molecule has 1 fully saturated rings. The Bertz CT molecular complexity index is 751. The molecule has 3 rings (SSSR count). The number of benzene rings is 1. The highest BCUT2D eigenvalue weighted by Crippen LogP contribution is 2.20. The van der Waals surface area contributed by atoms with E-state index in [4.69, 9.17) is 4.74 Å². The Morgan fingerprint density at radius 2 is 2.12 bits per heavy atom. The van der Waals surface area contributed by atoms with Crippen LogP contribution >= 0.6 is 0 Å². The highest BCUT2D eigenvalue weighted by atomic mass is 16.5. The van der Waals surface area contributed by atoms with Crippen LogP contribution in [0, 0.1) is 0 Å². The number of para-hydroxylation sites is 1. The first kappa shape index (κ1) is 16.8. The predicted molar refractivity (Wildman–Crippen MR) is 93.4 cm³/mol. The van der Waals surface area contributed by atoms with E-state index >= 15 is 0 Å². The molecular weight excluding hydrogens is 320 g/mol. The second kappa shape index (κ2) is 7.65. The zero-order valence-corrected chi connectivity index (χ0v) is 13.9. The van der Waals surface area contributed by atoms with Gasteiger partial charge in [-0.3, -0.25) is 4.79 Å². The van der Waals surface area contributed by atoms with Crippen LogP contribution in [0.2, 0.25) is 0 Å². The molecule has 1 aliphatic rings. The third-order valence-electron chi connectivity index (χ3n) is 3.99. The first-order valence-corrected chi connectivity index (χ1v) is 8.04. The van der Waals surface area contributed by atoms with Gasteiger partial charge in [0.05, 0.1) is 13.2 Å². The van der Waals surface area contributed by atoms with Crippen LogP contribution in [0.4, 0.5) is 10.5 Å². The maximum absolute atomic E-state index is 12.1. The number of aromatic nitrogens is 1. The van der Waals surface area contributed by atoms with E-state index in [1.54, 1.807) is 30.3 Å². The van der Waals surface area contributed by atoms with Gasteiger partial charge in [0.1, 0.15) is 0 Å². The van der Waals surface area contributed by atoms with Gasteiger partial charge >= 0.3 is 6.03 Å². The lowest BCUT2D eigenvalue weighted by molar-refractivity contribution is -0.117. The van der Waals surface area contributed by atoms with E-state index in [1.807, 2.05) is 30.3 Å². The van der Waals surface area contributed by atoms with Gasteiger partial charge in [0.15, 0.2) is 0 Å². The number of pyridine rings is 1. The molecule has 0 radical (unpaired) electrons. The van der Waals surface area contributed by atoms with E-state index < -0.39 is 0 Å². The fourth-order valence-electron chi connectivity index (χ4n) is 2.75. The first-order chi connectivity index (χ1) is 12.2. The molecule has 1 atom stereocenters. The quantitative estimate of drug-likeness (QED) is 0.868. The lowest BCUT2D eigenvalue weighted by Gasteiger charge is -2.17. The smallest absolute Gasteiger partial charge is 0.315 e. The summed E-state index contributed by atoms with van der Waals surface area (Å²) in [6.45, 7) is 0.827. The van der Waals surface area contributed by atoms with E-state index in [1.165, 1.54) is 0 Å². The molecule has 1 aromatic carbocycles. The largest absolute Gasteiger partial charge is 0.481 e. The van der Waals surface area contributed by atoms with Gasteiger partial charge < -0.3 is 20.3 Å². The van der Waals surface area contributed by atoms with Crippen LogP contribution in [0.3, 0.4) is 0 Å². The van der Waals surface area contributed by atoms with E-state index in [2.05, 4.69) is 15.6 Å². The maximum Gasteiger partial charge on any atom is 0.315 e. The summed E-state index contributed by atoms with van der Waals surface area (Å²) in [5.74, 6) is 0.509. The standard InChI is InChI=1S/C18H20N4O3/c1-25-16-9-13(7-8-19-16)11-20-18(24)21-14-10-17(23)22(12-14)15-5-3-2-4-6-15/h2-9,14H,10-12H2,1H3,(H2,20,21,24)/t14-/m0/s1. The van der Waals surface area contributed by atoms with Gasteiger partial charge in [0.2, 0.25) is 11.8 Å². The SMILES string of the molecule is COc1cc(CNC(=O)N[C@H]2CC(=O)N(c3ccccc3)C2)ccn1. The monoisotopic (exact) mass is 340 g/mol. The van der Waals surface area contributed by atoms with Gasteiger partial charge in [-0.1, -0.05) is 18.2 Å². The lowest BCUT2D eigenvalue weighted by atomic mass is 10.2. The minimum atomic E-state index is -0.302. The Hall–Kier alpha value is -3.09. The number of anilines is 1. The molecule has 3 amide bonds. The van der Waals surface area contributed by atoms with Gasteiger partial charge in [-0.15, -0.1) is 0 Å². The second-order valence-corrected chi connectivity index (χ2v) is 5.77. The molecule has 1 saturated heterocycles. The topological polar surface area (TPSA) is 83.6 Å². The molecule has 2 N–H and O–H groups in total. The van der Waals surface area contributed by atoms with Crippen LogP contribution in [0.25, 0.3) is 0 Å². The first-order valence-electron chi connectivity index (χ1n) is 8.04. The third-order valence-corrected chi connectivity index (χ3v) is 3.99. The van der Waals surface area contributed by atoms with Crippen LogP contribution in [0.5, 0.6) is 5.88 Å². The molecule has 2 aromatic rings. The van der Waals surface area contributed by atoms with Gasteiger partial charge in [0, 0.05) is 37.5 Å². The summed E-state index contributed by atoms with van der Waals surface area (Å²) in [7, 11) is 1.54. The average molecular weight is 340 g/mol. The Balaban J connectivity index is 1.51. The van der Waals surface area contributed by atoms with Crippen molar-refractivity contribution in [1.29, 1.82) is 0 Å². The fourth-order valence-corrected chi connectivity index (χ4v) is 2.75. The Morgan fingerprint density at radius 3 is 2.88 bits per heavy atom. The fraction of sp³-hybridized carbons (Fsp3) is 0.278. The van der Waals surface area contributed by atoms with Crippen molar-refractivity contribution < 1.29 is 14.3 Å². The Labute approximate surface area is 146 Å². The number of methoxy groups -OCH3 is 1. The van der Waals surface area contributed by atoms with Crippen LogP contribution < -0.4 is 20.3 Å². The minimum absolute atomic E-state index is 0.00960. The van der Waals surface area contributed by atoms with Crippen LogP contribution in [-0.4, -0.2) is 36.6 Å². The summed E-state index contributed by atoms with van der Waals surface area (Å²) in [5, 5.41) is 5.63. The van der Waals surface area contributed by atoms with Crippen LogP contribution in [-0.2, 0) is 11.3 Å². The molecule has 7 heteroatoms. The Morgan fingerprint density at radius 1 is 1.32 bits per heavy atom. The molecule has 0 aliphatic carbocycles. The number of ether oxygens (including phenoxy) is 1. The molecule has 0 bridgehead atoms. The van der Waals surface area contributed by atoms with E-state index in [9.17, 15) is 9.59 Å². The minimum Gasteiger partial charge on any atom is -0.481 e. The number of carbonyl (C=O) groups excluding carboxylic acids is 2. The van der Waals surface area contributed by atoms with Crippen molar-refractivity contribution in [3.05, 3.63) is 54.2 Å². The van der Waals surface area contributed by atoms with E-state index in [0.29, 0.717) is 25.4 Å². The molecular formula is C18H20N4O3. The summed E-state index contributed by atoms with van der Waals surface area (Å²) in [5.41, 5.74) is 1.73. The lowest BCUT2D eigenvalue weighted by Crippen LogP contribution is -2.43. The number of urea groups is 1. The van der Waals surface area contributed by atoms with Gasteiger partial charge in [-0.05, 0) is 23.8 Å². The molecule has 0 unspecified atom stereocenters. The Kier molecular flexibility index (Phi) is 5.13. The molecule has 25 heavy (non-hydrogen) atoms. The molecule has 130 valence electrons. The molecule has 0 saturated carbocycles. The second-order valence-electron chi connectivity index (χ2n) is 5.77. The summed E-state index contributed by atoms with van der Waals surface area (Å²) >= 11 is 0. The number of nitrogens with one attached hydrogen (secondary N) is 2. The highest BCUT2D eigenvalue weighted by molar-refractivity contribution is 5.96. The number of amides is 3. The number of rotatable bonds is 5. The van der Waals surface area contributed by atoms with Crippen LogP contribution in [0.1, 0.15) is 12.0 Å². The number of hydrogen-bond acceptors (Lipinski definition) is 4. The maximum atomic E-state index is 12.1. The van der Waals surface area contributed by atoms with Crippen molar-refractivity contribution in [3.8, 4) is 5.88 Å². The van der Waals surface area contributed by atoms with Crippen molar-refractivity contribution in [2.75, 3.05) is 18.6 Å². The van der Waals surface area contributed by atoms with Crippen molar-refractivity contribution in [1.82, 2.24) is 15.6 Å². The van der Waals surface area contributed by atoms with E-state index in [0.717, 1.165) is 11.3 Å². The van der Waals surface area contributed by atoms with E-state index in [-0.39, 0.29) is 18.0 Å². The van der Waals surface area contributed by atoms with Crippen molar-refractivity contribution in [3.63, 3.8) is 0 Å². The molecule has 7 nitrogen and oxygen atoms in total. The number of nitrogens with zero attached hydrogens (tertiary/aromatic N) is 2. The third kappa shape index (κ3) is 4.26. The number of carbonyl (C=O) groups is 2. The number of hydrogen-bond donors (Lipinski definition) is 2. The van der Waals surface area contributed by atoms with Gasteiger partial charge in [-0.25, -0.2) is 9.78 Å². The normalized spacial score (nSPS) is 16.6. The van der Waals surface area contributed by atoms with Gasteiger partial charge in [-0.2, -0.15) is 0 Å². The molecule has 0 spiro atoms. The summed E-state index contributed by atoms with van der Waals surface area (Å²) in [6, 6.07) is 12.5. The highest BCUT2D eigenvalue weighted by Gasteiger charge is 2.31.